The second-order valence-electron chi connectivity index (χ2n) is 7.41. The van der Waals surface area contributed by atoms with Crippen LogP contribution in [0.25, 0.3) is 0 Å². The highest BCUT2D eigenvalue weighted by molar-refractivity contribution is 6.33. The maximum Gasteiger partial charge on any atom is 0.253 e. The smallest absolute Gasteiger partial charge is 0.253 e. The number of nitrogens with zero attached hydrogens (tertiary/aromatic N) is 1. The van der Waals surface area contributed by atoms with E-state index in [4.69, 9.17) is 17.3 Å². The van der Waals surface area contributed by atoms with Crippen LogP contribution in [0, 0.1) is 16.7 Å². The molecule has 21 heavy (non-hydrogen) atoms. The molecule has 2 aliphatic carbocycles. The first-order valence-electron chi connectivity index (χ1n) is 7.46. The van der Waals surface area contributed by atoms with Crippen molar-refractivity contribution in [2.75, 3.05) is 5.73 Å². The molecule has 2 saturated carbocycles. The van der Waals surface area contributed by atoms with Crippen molar-refractivity contribution in [3.05, 3.63) is 22.8 Å². The largest absolute Gasteiger partial charge is 0.382 e. The number of fused-ring (bicyclic) bond motifs is 2. The number of aromatic nitrogens is 1. The molecule has 0 aromatic carbocycles. The van der Waals surface area contributed by atoms with Crippen LogP contribution in [0.5, 0.6) is 0 Å². The fourth-order valence-corrected chi connectivity index (χ4v) is 4.62. The predicted octanol–water partition coefficient (Wildman–Crippen LogP) is 3.26. The first kappa shape index (κ1) is 14.6. The number of hydrogen-bond donors (Lipinski definition) is 2. The second kappa shape index (κ2) is 4.60. The van der Waals surface area contributed by atoms with Crippen molar-refractivity contribution in [1.29, 1.82) is 0 Å². The van der Waals surface area contributed by atoms with Crippen LogP contribution in [0.1, 0.15) is 50.4 Å². The number of nitrogen functional groups attached to an aromatic ring is 1. The zero-order valence-electron chi connectivity index (χ0n) is 12.7. The molecular formula is C16H22ClN3O. The van der Waals surface area contributed by atoms with Crippen LogP contribution in [0.2, 0.25) is 5.02 Å². The molecular weight excluding hydrogens is 286 g/mol. The van der Waals surface area contributed by atoms with Gasteiger partial charge in [0.25, 0.3) is 5.91 Å². The van der Waals surface area contributed by atoms with Gasteiger partial charge in [-0.15, -0.1) is 0 Å². The van der Waals surface area contributed by atoms with Gasteiger partial charge in [0.2, 0.25) is 0 Å². The maximum atomic E-state index is 12.5. The summed E-state index contributed by atoms with van der Waals surface area (Å²) in [6, 6.07) is 1.77. The monoisotopic (exact) mass is 307 g/mol. The van der Waals surface area contributed by atoms with Gasteiger partial charge in [0.05, 0.1) is 10.6 Å². The standard InChI is InChI=1S/C16H22ClN3O/c1-15(2)10-4-5-16(3,7-10)14(15)20-13(21)9-6-11(17)12(18)19-8-9/h6,8,10,14H,4-5,7H2,1-3H3,(H2,18,19)(H,20,21). The lowest BCUT2D eigenvalue weighted by Crippen LogP contribution is -2.52. The number of hydrogen-bond acceptors (Lipinski definition) is 3. The fourth-order valence-electron chi connectivity index (χ4n) is 4.45. The number of rotatable bonds is 2. The normalized spacial score (nSPS) is 33.1. The molecule has 4 nitrogen and oxygen atoms in total. The molecule has 3 unspecified atom stereocenters. The Hall–Kier alpha value is -1.29. The number of anilines is 1. The molecule has 0 spiro atoms. The van der Waals surface area contributed by atoms with Crippen molar-refractivity contribution in [3.63, 3.8) is 0 Å². The molecule has 3 rings (SSSR count). The SMILES string of the molecule is CC12CCC(C1)C(C)(C)C2NC(=O)c1cnc(N)c(Cl)c1. The Morgan fingerprint density at radius 2 is 2.19 bits per heavy atom. The Balaban J connectivity index is 1.83. The average Bonchev–Trinajstić information content (AvgIpc) is 2.89. The van der Waals surface area contributed by atoms with Gasteiger partial charge in [0.1, 0.15) is 5.82 Å². The van der Waals surface area contributed by atoms with Crippen molar-refractivity contribution < 1.29 is 4.79 Å². The molecule has 1 amide bonds. The number of pyridine rings is 1. The number of nitrogens with one attached hydrogen (secondary N) is 1. The molecule has 0 aliphatic heterocycles. The van der Waals surface area contributed by atoms with E-state index in [1.54, 1.807) is 6.07 Å². The average molecular weight is 308 g/mol. The summed E-state index contributed by atoms with van der Waals surface area (Å²) in [4.78, 5) is 16.5. The first-order valence-corrected chi connectivity index (χ1v) is 7.84. The van der Waals surface area contributed by atoms with Crippen LogP contribution < -0.4 is 11.1 Å². The minimum Gasteiger partial charge on any atom is -0.382 e. The molecule has 1 aromatic rings. The topological polar surface area (TPSA) is 68.0 Å². The molecule has 3 atom stereocenters. The number of carbonyl (C=O) groups is 1. The van der Waals surface area contributed by atoms with E-state index in [1.807, 2.05) is 0 Å². The van der Waals surface area contributed by atoms with Gasteiger partial charge in [-0.1, -0.05) is 32.4 Å². The number of amides is 1. The summed E-state index contributed by atoms with van der Waals surface area (Å²) in [7, 11) is 0. The molecule has 0 radical (unpaired) electrons. The van der Waals surface area contributed by atoms with Crippen molar-refractivity contribution in [2.24, 2.45) is 16.7 Å². The third kappa shape index (κ3) is 2.20. The van der Waals surface area contributed by atoms with Crippen molar-refractivity contribution in [1.82, 2.24) is 10.3 Å². The molecule has 2 fully saturated rings. The van der Waals surface area contributed by atoms with E-state index in [0.717, 1.165) is 0 Å². The summed E-state index contributed by atoms with van der Waals surface area (Å²) in [5.41, 5.74) is 6.40. The highest BCUT2D eigenvalue weighted by Gasteiger charge is 2.59. The Morgan fingerprint density at radius 1 is 1.48 bits per heavy atom. The van der Waals surface area contributed by atoms with Gasteiger partial charge in [-0.3, -0.25) is 4.79 Å². The van der Waals surface area contributed by atoms with Crippen LogP contribution in [-0.2, 0) is 0 Å². The van der Waals surface area contributed by atoms with E-state index in [-0.39, 0.29) is 28.6 Å². The highest BCUT2D eigenvalue weighted by Crippen LogP contribution is 2.62. The quantitative estimate of drug-likeness (QED) is 0.881. The van der Waals surface area contributed by atoms with E-state index < -0.39 is 0 Å². The van der Waals surface area contributed by atoms with Crippen molar-refractivity contribution in [2.45, 2.75) is 46.1 Å². The minimum atomic E-state index is -0.115. The molecule has 5 heteroatoms. The third-order valence-electron chi connectivity index (χ3n) is 5.68. The van der Waals surface area contributed by atoms with Gasteiger partial charge < -0.3 is 11.1 Å². The van der Waals surface area contributed by atoms with Crippen LogP contribution in [0.4, 0.5) is 5.82 Å². The summed E-state index contributed by atoms with van der Waals surface area (Å²) in [6.45, 7) is 6.82. The van der Waals surface area contributed by atoms with E-state index >= 15 is 0 Å². The molecule has 1 aromatic heterocycles. The van der Waals surface area contributed by atoms with E-state index in [0.29, 0.717) is 16.5 Å². The van der Waals surface area contributed by atoms with E-state index in [9.17, 15) is 4.79 Å². The molecule has 114 valence electrons. The second-order valence-corrected chi connectivity index (χ2v) is 7.82. The Morgan fingerprint density at radius 3 is 2.76 bits per heavy atom. The van der Waals surface area contributed by atoms with Crippen LogP contribution >= 0.6 is 11.6 Å². The lowest BCUT2D eigenvalue weighted by atomic mass is 9.68. The Kier molecular flexibility index (Phi) is 3.21. The molecule has 2 aliphatic rings. The summed E-state index contributed by atoms with van der Waals surface area (Å²) in [5.74, 6) is 0.831. The molecule has 2 bridgehead atoms. The molecule has 0 saturated heterocycles. The van der Waals surface area contributed by atoms with Gasteiger partial charge in [0, 0.05) is 12.2 Å². The zero-order chi connectivity index (χ0) is 15.4. The highest BCUT2D eigenvalue weighted by atomic mass is 35.5. The van der Waals surface area contributed by atoms with Crippen LogP contribution in [0.15, 0.2) is 12.3 Å². The molecule has 1 heterocycles. The van der Waals surface area contributed by atoms with E-state index in [2.05, 4.69) is 31.1 Å². The maximum absolute atomic E-state index is 12.5. The molecule has 3 N–H and O–H groups in total. The minimum absolute atomic E-state index is 0.115. The van der Waals surface area contributed by atoms with Crippen molar-refractivity contribution in [3.8, 4) is 0 Å². The lowest BCUT2D eigenvalue weighted by Gasteiger charge is -2.43. The summed E-state index contributed by atoms with van der Waals surface area (Å²) in [6.07, 6.45) is 5.14. The third-order valence-corrected chi connectivity index (χ3v) is 5.98. The van der Waals surface area contributed by atoms with Gasteiger partial charge in [-0.25, -0.2) is 4.98 Å². The van der Waals surface area contributed by atoms with Crippen LogP contribution in [0.3, 0.4) is 0 Å². The summed E-state index contributed by atoms with van der Waals surface area (Å²) in [5, 5.41) is 3.55. The predicted molar refractivity (Wildman–Crippen MR) is 84.1 cm³/mol. The zero-order valence-corrected chi connectivity index (χ0v) is 13.5. The van der Waals surface area contributed by atoms with Crippen molar-refractivity contribution >= 4 is 23.3 Å². The fraction of sp³-hybridized carbons (Fsp3) is 0.625. The van der Waals surface area contributed by atoms with E-state index in [1.165, 1.54) is 25.5 Å². The summed E-state index contributed by atoms with van der Waals surface area (Å²) < 4.78 is 0. The Labute approximate surface area is 130 Å². The lowest BCUT2D eigenvalue weighted by molar-refractivity contribution is 0.0737. The summed E-state index contributed by atoms with van der Waals surface area (Å²) >= 11 is 5.95. The van der Waals surface area contributed by atoms with Gasteiger partial charge in [-0.05, 0) is 42.1 Å². The van der Waals surface area contributed by atoms with Gasteiger partial charge in [0.15, 0.2) is 0 Å². The van der Waals surface area contributed by atoms with Gasteiger partial charge >= 0.3 is 0 Å². The Bertz CT molecular complexity index is 596. The van der Waals surface area contributed by atoms with Crippen LogP contribution in [-0.4, -0.2) is 16.9 Å². The number of halogens is 1. The number of carbonyl (C=O) groups excluding carboxylic acids is 1. The number of nitrogens with two attached hydrogens (primary N) is 1. The first-order chi connectivity index (χ1) is 9.74. The van der Waals surface area contributed by atoms with Gasteiger partial charge in [-0.2, -0.15) is 0 Å².